The Labute approximate surface area is 86.1 Å². The molecule has 84 valence electrons. The van der Waals surface area contributed by atoms with Crippen LogP contribution in [0.15, 0.2) is 0 Å². The highest BCUT2D eigenvalue weighted by atomic mass is 16.3. The summed E-state index contributed by atoms with van der Waals surface area (Å²) in [6.45, 7) is 4.90. The lowest BCUT2D eigenvalue weighted by Gasteiger charge is -2.27. The minimum absolute atomic E-state index is 0.0639. The molecule has 3 N–H and O–H groups in total. The van der Waals surface area contributed by atoms with Gasteiger partial charge in [-0.2, -0.15) is 0 Å². The Hall–Kier alpha value is -0.610. The maximum absolute atomic E-state index is 10.9. The van der Waals surface area contributed by atoms with E-state index >= 15 is 0 Å². The fraction of sp³-hybridized carbons (Fsp3) is 0.900. The molecule has 14 heavy (non-hydrogen) atoms. The van der Waals surface area contributed by atoms with Crippen LogP contribution in [0.4, 0.5) is 0 Å². The summed E-state index contributed by atoms with van der Waals surface area (Å²) in [5.74, 6) is 0.0639. The monoisotopic (exact) mass is 202 g/mol. The fourth-order valence-electron chi connectivity index (χ4n) is 1.06. The average Bonchev–Trinajstić information content (AvgIpc) is 2.23. The fourth-order valence-corrected chi connectivity index (χ4v) is 1.06. The molecule has 0 saturated carbocycles. The van der Waals surface area contributed by atoms with Gasteiger partial charge in [0.25, 0.3) is 0 Å². The van der Waals surface area contributed by atoms with Crippen LogP contribution in [0.5, 0.6) is 0 Å². The Morgan fingerprint density at radius 3 is 2.57 bits per heavy atom. The van der Waals surface area contributed by atoms with Crippen molar-refractivity contribution in [1.29, 1.82) is 0 Å². The summed E-state index contributed by atoms with van der Waals surface area (Å²) < 4.78 is 0. The number of rotatable bonds is 7. The second-order valence-electron chi connectivity index (χ2n) is 3.78. The van der Waals surface area contributed by atoms with Crippen molar-refractivity contribution < 1.29 is 9.90 Å². The van der Waals surface area contributed by atoms with Crippen LogP contribution in [0.25, 0.3) is 0 Å². The van der Waals surface area contributed by atoms with Crippen LogP contribution in [0.2, 0.25) is 0 Å². The van der Waals surface area contributed by atoms with Gasteiger partial charge in [0.15, 0.2) is 0 Å². The second-order valence-corrected chi connectivity index (χ2v) is 3.78. The van der Waals surface area contributed by atoms with Crippen LogP contribution in [0.1, 0.15) is 33.1 Å². The first-order chi connectivity index (χ1) is 6.58. The van der Waals surface area contributed by atoms with Crippen molar-refractivity contribution >= 4 is 5.91 Å². The van der Waals surface area contributed by atoms with Crippen molar-refractivity contribution in [2.45, 2.75) is 38.6 Å². The molecule has 4 heteroatoms. The number of carbonyl (C=O) groups excluding carboxylic acids is 1. The summed E-state index contributed by atoms with van der Waals surface area (Å²) in [5.41, 5.74) is -0.206. The molecule has 4 nitrogen and oxygen atoms in total. The van der Waals surface area contributed by atoms with Crippen molar-refractivity contribution in [3.8, 4) is 0 Å². The molecule has 1 amide bonds. The van der Waals surface area contributed by atoms with Crippen molar-refractivity contribution in [3.63, 3.8) is 0 Å². The smallest absolute Gasteiger partial charge is 0.219 e. The Kier molecular flexibility index (Phi) is 6.49. The van der Waals surface area contributed by atoms with Crippen LogP contribution in [0, 0.1) is 0 Å². The van der Waals surface area contributed by atoms with Gasteiger partial charge in [0.05, 0.1) is 6.61 Å². The van der Waals surface area contributed by atoms with Crippen molar-refractivity contribution in [1.82, 2.24) is 10.6 Å². The zero-order chi connectivity index (χ0) is 11.0. The highest BCUT2D eigenvalue weighted by molar-refractivity contribution is 5.75. The lowest BCUT2D eigenvalue weighted by atomic mass is 10.0. The van der Waals surface area contributed by atoms with Gasteiger partial charge in [-0.25, -0.2) is 0 Å². The van der Waals surface area contributed by atoms with Gasteiger partial charge < -0.3 is 15.7 Å². The van der Waals surface area contributed by atoms with E-state index in [2.05, 4.69) is 10.6 Å². The van der Waals surface area contributed by atoms with Gasteiger partial charge in [0.1, 0.15) is 0 Å². The maximum atomic E-state index is 10.9. The lowest BCUT2D eigenvalue weighted by Crippen LogP contribution is -2.45. The van der Waals surface area contributed by atoms with Gasteiger partial charge in [-0.1, -0.05) is 6.92 Å². The summed E-state index contributed by atoms with van der Waals surface area (Å²) in [6.07, 6.45) is 2.22. The minimum atomic E-state index is -0.206. The third-order valence-electron chi connectivity index (χ3n) is 2.54. The van der Waals surface area contributed by atoms with Crippen LogP contribution >= 0.6 is 0 Å². The number of nitrogens with one attached hydrogen (secondary N) is 2. The summed E-state index contributed by atoms with van der Waals surface area (Å²) in [4.78, 5) is 10.9. The molecule has 0 rings (SSSR count). The van der Waals surface area contributed by atoms with Gasteiger partial charge >= 0.3 is 0 Å². The summed E-state index contributed by atoms with van der Waals surface area (Å²) >= 11 is 0. The number of hydrogen-bond acceptors (Lipinski definition) is 3. The predicted molar refractivity (Wildman–Crippen MR) is 57.1 cm³/mol. The van der Waals surface area contributed by atoms with E-state index in [0.29, 0.717) is 6.42 Å². The Morgan fingerprint density at radius 1 is 1.50 bits per heavy atom. The molecule has 0 aliphatic heterocycles. The number of aliphatic hydroxyl groups excluding tert-OH is 1. The zero-order valence-electron chi connectivity index (χ0n) is 9.39. The van der Waals surface area contributed by atoms with E-state index < -0.39 is 0 Å². The Morgan fingerprint density at radius 2 is 2.14 bits per heavy atom. The second kappa shape index (κ2) is 6.79. The summed E-state index contributed by atoms with van der Waals surface area (Å²) in [7, 11) is 1.64. The molecule has 0 bridgehead atoms. The molecule has 0 aromatic carbocycles. The van der Waals surface area contributed by atoms with Gasteiger partial charge in [0.2, 0.25) is 5.91 Å². The van der Waals surface area contributed by atoms with Crippen LogP contribution < -0.4 is 10.6 Å². The predicted octanol–water partition coefficient (Wildman–Crippen LogP) is 0.263. The van der Waals surface area contributed by atoms with E-state index in [-0.39, 0.29) is 18.1 Å². The quantitative estimate of drug-likeness (QED) is 0.519. The highest BCUT2D eigenvalue weighted by Gasteiger charge is 2.18. The normalized spacial score (nSPS) is 14.9. The molecule has 0 saturated heterocycles. The van der Waals surface area contributed by atoms with Gasteiger partial charge in [0, 0.05) is 19.0 Å². The van der Waals surface area contributed by atoms with Crippen molar-refractivity contribution in [2.24, 2.45) is 0 Å². The number of carbonyl (C=O) groups is 1. The topological polar surface area (TPSA) is 61.4 Å². The van der Waals surface area contributed by atoms with E-state index in [4.69, 9.17) is 5.11 Å². The molecule has 1 unspecified atom stereocenters. The first kappa shape index (κ1) is 13.4. The SMILES string of the molecule is CCC(C)(CO)NCCCC(=O)NC. The number of amides is 1. The molecule has 0 aromatic rings. The molecule has 0 radical (unpaired) electrons. The number of hydrogen-bond donors (Lipinski definition) is 3. The molecular formula is C10H22N2O2. The largest absolute Gasteiger partial charge is 0.394 e. The number of aliphatic hydroxyl groups is 1. The molecule has 0 fully saturated rings. The van der Waals surface area contributed by atoms with E-state index in [1.165, 1.54) is 0 Å². The minimum Gasteiger partial charge on any atom is -0.394 e. The molecule has 1 atom stereocenters. The first-order valence-corrected chi connectivity index (χ1v) is 5.14. The molecule has 0 heterocycles. The Bertz CT molecular complexity index is 168. The van der Waals surface area contributed by atoms with Crippen LogP contribution in [-0.4, -0.2) is 36.8 Å². The van der Waals surface area contributed by atoms with Crippen LogP contribution in [0.3, 0.4) is 0 Å². The Balaban J connectivity index is 3.57. The van der Waals surface area contributed by atoms with E-state index in [0.717, 1.165) is 19.4 Å². The van der Waals surface area contributed by atoms with E-state index in [1.807, 2.05) is 13.8 Å². The molecule has 0 spiro atoms. The van der Waals surface area contributed by atoms with Crippen molar-refractivity contribution in [3.05, 3.63) is 0 Å². The van der Waals surface area contributed by atoms with Gasteiger partial charge in [-0.15, -0.1) is 0 Å². The summed E-state index contributed by atoms with van der Waals surface area (Å²) in [5, 5.41) is 14.9. The molecule has 0 aromatic heterocycles. The standard InChI is InChI=1S/C10H22N2O2/c1-4-10(2,8-13)12-7-5-6-9(14)11-3/h12-13H,4-8H2,1-3H3,(H,11,14). The first-order valence-electron chi connectivity index (χ1n) is 5.14. The maximum Gasteiger partial charge on any atom is 0.219 e. The van der Waals surface area contributed by atoms with E-state index in [9.17, 15) is 4.79 Å². The third kappa shape index (κ3) is 5.19. The zero-order valence-corrected chi connectivity index (χ0v) is 9.39. The average molecular weight is 202 g/mol. The molecule has 0 aliphatic carbocycles. The van der Waals surface area contributed by atoms with Gasteiger partial charge in [-0.3, -0.25) is 4.79 Å². The molecular weight excluding hydrogens is 180 g/mol. The summed E-state index contributed by atoms with van der Waals surface area (Å²) in [6, 6.07) is 0. The molecule has 0 aliphatic rings. The van der Waals surface area contributed by atoms with E-state index in [1.54, 1.807) is 7.05 Å². The van der Waals surface area contributed by atoms with Crippen molar-refractivity contribution in [2.75, 3.05) is 20.2 Å². The van der Waals surface area contributed by atoms with Gasteiger partial charge in [-0.05, 0) is 26.3 Å². The van der Waals surface area contributed by atoms with Crippen LogP contribution in [-0.2, 0) is 4.79 Å². The lowest BCUT2D eigenvalue weighted by molar-refractivity contribution is -0.120. The highest BCUT2D eigenvalue weighted by Crippen LogP contribution is 2.07. The third-order valence-corrected chi connectivity index (χ3v) is 2.54.